The van der Waals surface area contributed by atoms with Crippen molar-refractivity contribution in [2.24, 2.45) is 0 Å². The number of rotatable bonds is 10. The van der Waals surface area contributed by atoms with Gasteiger partial charge in [-0.05, 0) is 12.0 Å². The van der Waals surface area contributed by atoms with Gasteiger partial charge in [0.2, 0.25) is 0 Å². The molecule has 0 aliphatic heterocycles. The van der Waals surface area contributed by atoms with Gasteiger partial charge >= 0.3 is 5.97 Å². The number of unbranched alkanes of at least 4 members (excludes halogenated alkanes) is 6. The minimum atomic E-state index is -0.122. The summed E-state index contributed by atoms with van der Waals surface area (Å²) >= 11 is 0. The average Bonchev–Trinajstić information content (AvgIpc) is 2.43. The van der Waals surface area contributed by atoms with Crippen LogP contribution in [0.25, 0.3) is 0 Å². The maximum Gasteiger partial charge on any atom is 0.310 e. The first-order chi connectivity index (χ1) is 9.33. The van der Waals surface area contributed by atoms with E-state index in [1.807, 2.05) is 30.3 Å². The third-order valence-electron chi connectivity index (χ3n) is 3.10. The van der Waals surface area contributed by atoms with Gasteiger partial charge in [-0.15, -0.1) is 0 Å². The maximum atomic E-state index is 11.6. The van der Waals surface area contributed by atoms with Crippen LogP contribution in [0.3, 0.4) is 0 Å². The number of hydrogen-bond donors (Lipinski definition) is 0. The first-order valence-corrected chi connectivity index (χ1v) is 7.31. The van der Waals surface area contributed by atoms with Gasteiger partial charge in [0.1, 0.15) is 0 Å². The lowest BCUT2D eigenvalue weighted by Gasteiger charge is -2.05. The van der Waals surface area contributed by atoms with Crippen molar-refractivity contribution in [2.75, 3.05) is 6.61 Å². The number of benzene rings is 1. The number of hydrogen-bond acceptors (Lipinski definition) is 2. The molecule has 0 aromatic heterocycles. The van der Waals surface area contributed by atoms with Crippen LogP contribution in [0, 0.1) is 6.92 Å². The Kier molecular flexibility index (Phi) is 8.78. The number of ether oxygens (including phenoxy) is 1. The second-order valence-electron chi connectivity index (χ2n) is 4.86. The van der Waals surface area contributed by atoms with Crippen molar-refractivity contribution in [1.82, 2.24) is 0 Å². The predicted molar refractivity (Wildman–Crippen MR) is 78.8 cm³/mol. The van der Waals surface area contributed by atoms with Gasteiger partial charge < -0.3 is 4.74 Å². The molecular formula is C17H25O2. The molecule has 0 N–H and O–H groups in total. The lowest BCUT2D eigenvalue weighted by atomic mass is 10.1. The van der Waals surface area contributed by atoms with E-state index in [2.05, 4.69) is 6.92 Å². The van der Waals surface area contributed by atoms with Crippen LogP contribution in [0.4, 0.5) is 0 Å². The molecule has 1 rings (SSSR count). The molecule has 0 saturated heterocycles. The summed E-state index contributed by atoms with van der Waals surface area (Å²) in [6.07, 6.45) is 8.55. The number of esters is 1. The van der Waals surface area contributed by atoms with Gasteiger partial charge in [-0.1, -0.05) is 75.8 Å². The maximum absolute atomic E-state index is 11.6. The second kappa shape index (κ2) is 10.6. The first kappa shape index (κ1) is 15.7. The van der Waals surface area contributed by atoms with Crippen molar-refractivity contribution < 1.29 is 9.53 Å². The summed E-state index contributed by atoms with van der Waals surface area (Å²) in [5.74, 6) is -0.122. The van der Waals surface area contributed by atoms with Crippen molar-refractivity contribution in [2.45, 2.75) is 51.4 Å². The summed E-state index contributed by atoms with van der Waals surface area (Å²) < 4.78 is 5.22. The third-order valence-corrected chi connectivity index (χ3v) is 3.10. The van der Waals surface area contributed by atoms with E-state index in [9.17, 15) is 4.79 Å². The minimum absolute atomic E-state index is 0.122. The molecule has 19 heavy (non-hydrogen) atoms. The monoisotopic (exact) mass is 261 g/mol. The molecule has 1 radical (unpaired) electrons. The van der Waals surface area contributed by atoms with Gasteiger partial charge in [-0.2, -0.15) is 0 Å². The van der Waals surface area contributed by atoms with E-state index in [1.54, 1.807) is 0 Å². The van der Waals surface area contributed by atoms with Gasteiger partial charge in [0.25, 0.3) is 0 Å². The van der Waals surface area contributed by atoms with E-state index < -0.39 is 0 Å². The molecule has 0 saturated carbocycles. The number of carbonyl (C=O) groups is 1. The van der Waals surface area contributed by atoms with Crippen molar-refractivity contribution in [3.8, 4) is 0 Å². The molecule has 1 aromatic carbocycles. The lowest BCUT2D eigenvalue weighted by Crippen LogP contribution is -2.08. The third kappa shape index (κ3) is 8.41. The second-order valence-corrected chi connectivity index (χ2v) is 4.86. The topological polar surface area (TPSA) is 26.3 Å². The van der Waals surface area contributed by atoms with Gasteiger partial charge in [0.15, 0.2) is 0 Å². The summed E-state index contributed by atoms with van der Waals surface area (Å²) in [6, 6.07) is 9.72. The molecule has 2 heteroatoms. The van der Waals surface area contributed by atoms with Crippen LogP contribution in [0.1, 0.15) is 50.5 Å². The first-order valence-electron chi connectivity index (χ1n) is 7.31. The standard InChI is InChI=1S/C17H25O2/c1-2-3-4-5-6-7-11-14-19-17(18)15-16-12-9-8-10-13-16/h8-10,12-13H,1-7,11,14-15H2. The zero-order chi connectivity index (χ0) is 13.8. The highest BCUT2D eigenvalue weighted by molar-refractivity contribution is 5.72. The Morgan fingerprint density at radius 3 is 2.26 bits per heavy atom. The Hall–Kier alpha value is -1.31. The molecular weight excluding hydrogens is 236 g/mol. The molecule has 0 aliphatic rings. The molecule has 0 aliphatic carbocycles. The molecule has 105 valence electrons. The largest absolute Gasteiger partial charge is 0.465 e. The molecule has 0 fully saturated rings. The lowest BCUT2D eigenvalue weighted by molar-refractivity contribution is -0.142. The Balaban J connectivity index is 1.96. The van der Waals surface area contributed by atoms with Crippen molar-refractivity contribution in [1.29, 1.82) is 0 Å². The van der Waals surface area contributed by atoms with E-state index in [0.29, 0.717) is 13.0 Å². The van der Waals surface area contributed by atoms with E-state index in [0.717, 1.165) is 24.8 Å². The Morgan fingerprint density at radius 2 is 1.58 bits per heavy atom. The van der Waals surface area contributed by atoms with Crippen LogP contribution in [0.5, 0.6) is 0 Å². The van der Waals surface area contributed by atoms with E-state index >= 15 is 0 Å². The van der Waals surface area contributed by atoms with Crippen LogP contribution < -0.4 is 0 Å². The summed E-state index contributed by atoms with van der Waals surface area (Å²) in [5.41, 5.74) is 1.01. The summed E-state index contributed by atoms with van der Waals surface area (Å²) in [5, 5.41) is 0. The Labute approximate surface area is 117 Å². The molecule has 1 aromatic rings. The van der Waals surface area contributed by atoms with Crippen LogP contribution >= 0.6 is 0 Å². The normalized spacial score (nSPS) is 10.4. The van der Waals surface area contributed by atoms with E-state index in [-0.39, 0.29) is 5.97 Å². The Morgan fingerprint density at radius 1 is 0.947 bits per heavy atom. The fourth-order valence-electron chi connectivity index (χ4n) is 1.99. The van der Waals surface area contributed by atoms with E-state index in [4.69, 9.17) is 4.74 Å². The fraction of sp³-hybridized carbons (Fsp3) is 0.529. The van der Waals surface area contributed by atoms with Crippen molar-refractivity contribution >= 4 is 5.97 Å². The molecule has 0 heterocycles. The number of carbonyl (C=O) groups excluding carboxylic acids is 1. The highest BCUT2D eigenvalue weighted by Gasteiger charge is 2.03. The molecule has 0 spiro atoms. The summed E-state index contributed by atoms with van der Waals surface area (Å²) in [6.45, 7) is 4.39. The molecule has 2 nitrogen and oxygen atoms in total. The SMILES string of the molecule is [CH2]CCCCCCCCOC(=O)Cc1ccccc1. The summed E-state index contributed by atoms with van der Waals surface area (Å²) in [7, 11) is 0. The van der Waals surface area contributed by atoms with Crippen molar-refractivity contribution in [3.05, 3.63) is 42.8 Å². The Bertz CT molecular complexity index is 332. The highest BCUT2D eigenvalue weighted by Crippen LogP contribution is 2.07. The van der Waals surface area contributed by atoms with E-state index in [1.165, 1.54) is 25.7 Å². The zero-order valence-corrected chi connectivity index (χ0v) is 11.8. The van der Waals surface area contributed by atoms with Gasteiger partial charge in [-0.25, -0.2) is 0 Å². The predicted octanol–water partition coefficient (Wildman–Crippen LogP) is 4.34. The molecule has 0 bridgehead atoms. The molecule has 0 amide bonds. The van der Waals surface area contributed by atoms with Crippen LogP contribution in [-0.2, 0) is 16.0 Å². The quantitative estimate of drug-likeness (QED) is 0.462. The average molecular weight is 261 g/mol. The van der Waals surface area contributed by atoms with Gasteiger partial charge in [-0.3, -0.25) is 4.79 Å². The van der Waals surface area contributed by atoms with Gasteiger partial charge in [0, 0.05) is 0 Å². The molecule has 0 unspecified atom stereocenters. The summed E-state index contributed by atoms with van der Waals surface area (Å²) in [4.78, 5) is 11.6. The highest BCUT2D eigenvalue weighted by atomic mass is 16.5. The van der Waals surface area contributed by atoms with Gasteiger partial charge in [0.05, 0.1) is 13.0 Å². The van der Waals surface area contributed by atoms with Crippen LogP contribution in [-0.4, -0.2) is 12.6 Å². The van der Waals surface area contributed by atoms with Crippen LogP contribution in [0.15, 0.2) is 30.3 Å². The van der Waals surface area contributed by atoms with Crippen molar-refractivity contribution in [3.63, 3.8) is 0 Å². The fourth-order valence-corrected chi connectivity index (χ4v) is 1.99. The smallest absolute Gasteiger partial charge is 0.310 e. The minimum Gasteiger partial charge on any atom is -0.465 e. The molecule has 0 atom stereocenters. The zero-order valence-electron chi connectivity index (χ0n) is 11.8. The van der Waals surface area contributed by atoms with Crippen LogP contribution in [0.2, 0.25) is 0 Å².